The van der Waals surface area contributed by atoms with E-state index in [9.17, 15) is 0 Å². The third-order valence-electron chi connectivity index (χ3n) is 2.03. The maximum absolute atomic E-state index is 5.32. The number of oxazole rings is 1. The predicted octanol–water partition coefficient (Wildman–Crippen LogP) is 0.401. The van der Waals surface area contributed by atoms with E-state index < -0.39 is 0 Å². The molecule has 0 aliphatic carbocycles. The van der Waals surface area contributed by atoms with E-state index in [1.54, 1.807) is 10.9 Å². The molecule has 0 aliphatic rings. The van der Waals surface area contributed by atoms with Gasteiger partial charge in [0.1, 0.15) is 17.9 Å². The van der Waals surface area contributed by atoms with Gasteiger partial charge in [0.2, 0.25) is 5.89 Å². The van der Waals surface area contributed by atoms with Gasteiger partial charge in [0.05, 0.1) is 19.3 Å². The van der Waals surface area contributed by atoms with Crippen LogP contribution in [-0.2, 0) is 20.1 Å². The Morgan fingerprint density at radius 1 is 1.40 bits per heavy atom. The molecule has 6 heteroatoms. The van der Waals surface area contributed by atoms with Crippen molar-refractivity contribution in [3.63, 3.8) is 0 Å². The Kier molecular flexibility index (Phi) is 2.77. The molecule has 80 valence electrons. The smallest absolute Gasteiger partial charge is 0.208 e. The lowest BCUT2D eigenvalue weighted by Gasteiger charge is -2.00. The number of hydrogen-bond donors (Lipinski definition) is 1. The molecule has 0 fully saturated rings. The molecule has 0 bridgehead atoms. The van der Waals surface area contributed by atoms with E-state index in [-0.39, 0.29) is 0 Å². The SMILES string of the molecule is Cc1cnc(CNCc2ncnn2C)o1. The van der Waals surface area contributed by atoms with Gasteiger partial charge in [0.15, 0.2) is 0 Å². The first-order valence-corrected chi connectivity index (χ1v) is 4.70. The molecule has 2 aromatic rings. The summed E-state index contributed by atoms with van der Waals surface area (Å²) in [6.07, 6.45) is 3.24. The minimum atomic E-state index is 0.598. The van der Waals surface area contributed by atoms with Crippen LogP contribution in [-0.4, -0.2) is 19.7 Å². The van der Waals surface area contributed by atoms with Gasteiger partial charge in [-0.2, -0.15) is 5.10 Å². The van der Waals surface area contributed by atoms with Crippen LogP contribution in [0, 0.1) is 6.92 Å². The average Bonchev–Trinajstić information content (AvgIpc) is 2.77. The highest BCUT2D eigenvalue weighted by Crippen LogP contribution is 2.01. The highest BCUT2D eigenvalue weighted by atomic mass is 16.4. The minimum absolute atomic E-state index is 0.598. The lowest BCUT2D eigenvalue weighted by molar-refractivity contribution is 0.445. The molecule has 0 amide bonds. The maximum Gasteiger partial charge on any atom is 0.208 e. The fourth-order valence-electron chi connectivity index (χ4n) is 1.24. The monoisotopic (exact) mass is 207 g/mol. The second-order valence-corrected chi connectivity index (χ2v) is 3.27. The molecule has 15 heavy (non-hydrogen) atoms. The fourth-order valence-corrected chi connectivity index (χ4v) is 1.24. The minimum Gasteiger partial charge on any atom is -0.445 e. The van der Waals surface area contributed by atoms with Gasteiger partial charge in [0.25, 0.3) is 0 Å². The summed E-state index contributed by atoms with van der Waals surface area (Å²) in [5.41, 5.74) is 0. The summed E-state index contributed by atoms with van der Waals surface area (Å²) < 4.78 is 7.05. The first-order chi connectivity index (χ1) is 7.25. The van der Waals surface area contributed by atoms with Gasteiger partial charge in [-0.25, -0.2) is 9.97 Å². The maximum atomic E-state index is 5.32. The highest BCUT2D eigenvalue weighted by molar-refractivity contribution is 4.91. The van der Waals surface area contributed by atoms with E-state index in [4.69, 9.17) is 4.42 Å². The van der Waals surface area contributed by atoms with Crippen LogP contribution in [0.4, 0.5) is 0 Å². The Morgan fingerprint density at radius 2 is 2.27 bits per heavy atom. The molecule has 0 saturated heterocycles. The fraction of sp³-hybridized carbons (Fsp3) is 0.444. The normalized spacial score (nSPS) is 10.8. The average molecular weight is 207 g/mol. The largest absolute Gasteiger partial charge is 0.445 e. The van der Waals surface area contributed by atoms with Crippen molar-refractivity contribution in [2.75, 3.05) is 0 Å². The second kappa shape index (κ2) is 4.22. The van der Waals surface area contributed by atoms with Crippen LogP contribution in [0.1, 0.15) is 17.5 Å². The third-order valence-corrected chi connectivity index (χ3v) is 2.03. The molecule has 0 saturated carbocycles. The van der Waals surface area contributed by atoms with Crippen molar-refractivity contribution >= 4 is 0 Å². The summed E-state index contributed by atoms with van der Waals surface area (Å²) in [5.74, 6) is 2.40. The molecular formula is C9H13N5O. The number of rotatable bonds is 4. The number of nitrogens with zero attached hydrogens (tertiary/aromatic N) is 4. The van der Waals surface area contributed by atoms with Gasteiger partial charge in [-0.05, 0) is 6.92 Å². The van der Waals surface area contributed by atoms with Crippen molar-refractivity contribution in [3.05, 3.63) is 30.0 Å². The highest BCUT2D eigenvalue weighted by Gasteiger charge is 2.02. The van der Waals surface area contributed by atoms with Crippen LogP contribution >= 0.6 is 0 Å². The van der Waals surface area contributed by atoms with E-state index in [0.717, 1.165) is 11.6 Å². The van der Waals surface area contributed by atoms with Crippen LogP contribution in [0.25, 0.3) is 0 Å². The van der Waals surface area contributed by atoms with E-state index in [1.165, 1.54) is 6.33 Å². The lowest BCUT2D eigenvalue weighted by Crippen LogP contribution is -2.16. The van der Waals surface area contributed by atoms with Crippen molar-refractivity contribution in [1.82, 2.24) is 25.1 Å². The van der Waals surface area contributed by atoms with Crippen LogP contribution in [0.3, 0.4) is 0 Å². The van der Waals surface area contributed by atoms with Crippen molar-refractivity contribution in [2.24, 2.45) is 7.05 Å². The van der Waals surface area contributed by atoms with Gasteiger partial charge in [-0.1, -0.05) is 0 Å². The van der Waals surface area contributed by atoms with Crippen molar-refractivity contribution in [2.45, 2.75) is 20.0 Å². The number of aromatic nitrogens is 4. The van der Waals surface area contributed by atoms with Crippen LogP contribution in [0.2, 0.25) is 0 Å². The molecule has 0 unspecified atom stereocenters. The third kappa shape index (κ3) is 2.41. The molecule has 0 aliphatic heterocycles. The second-order valence-electron chi connectivity index (χ2n) is 3.27. The van der Waals surface area contributed by atoms with Gasteiger partial charge >= 0.3 is 0 Å². The van der Waals surface area contributed by atoms with Gasteiger partial charge in [-0.3, -0.25) is 4.68 Å². The summed E-state index contributed by atoms with van der Waals surface area (Å²) in [7, 11) is 1.86. The Labute approximate surface area is 87.3 Å². The molecule has 6 nitrogen and oxygen atoms in total. The zero-order valence-electron chi connectivity index (χ0n) is 8.77. The first kappa shape index (κ1) is 9.85. The van der Waals surface area contributed by atoms with E-state index in [2.05, 4.69) is 20.4 Å². The van der Waals surface area contributed by atoms with E-state index in [0.29, 0.717) is 19.0 Å². The topological polar surface area (TPSA) is 68.8 Å². The molecule has 2 rings (SSSR count). The zero-order chi connectivity index (χ0) is 10.7. The molecule has 0 radical (unpaired) electrons. The summed E-state index contributed by atoms with van der Waals surface area (Å²) >= 11 is 0. The summed E-state index contributed by atoms with van der Waals surface area (Å²) in [4.78, 5) is 8.18. The Balaban J connectivity index is 1.83. The Morgan fingerprint density at radius 3 is 2.87 bits per heavy atom. The number of hydrogen-bond acceptors (Lipinski definition) is 5. The molecule has 0 atom stereocenters. The predicted molar refractivity (Wildman–Crippen MR) is 52.8 cm³/mol. The molecule has 0 aromatic carbocycles. The zero-order valence-corrected chi connectivity index (χ0v) is 8.77. The molecule has 2 aromatic heterocycles. The summed E-state index contributed by atoms with van der Waals surface area (Å²) in [6, 6.07) is 0. The first-order valence-electron chi connectivity index (χ1n) is 4.70. The van der Waals surface area contributed by atoms with Crippen molar-refractivity contribution in [1.29, 1.82) is 0 Å². The quantitative estimate of drug-likeness (QED) is 0.786. The lowest BCUT2D eigenvalue weighted by atomic mass is 10.5. The van der Waals surface area contributed by atoms with Gasteiger partial charge in [0, 0.05) is 7.05 Å². The van der Waals surface area contributed by atoms with Crippen LogP contribution in [0.15, 0.2) is 16.9 Å². The van der Waals surface area contributed by atoms with Crippen LogP contribution < -0.4 is 5.32 Å². The number of nitrogens with one attached hydrogen (secondary N) is 1. The standard InChI is InChI=1S/C9H13N5O/c1-7-3-11-9(15-7)5-10-4-8-12-6-13-14(8)2/h3,6,10H,4-5H2,1-2H3. The number of aryl methyl sites for hydroxylation is 2. The Bertz CT molecular complexity index is 433. The van der Waals surface area contributed by atoms with E-state index >= 15 is 0 Å². The molecular weight excluding hydrogens is 194 g/mol. The molecule has 1 N–H and O–H groups in total. The van der Waals surface area contributed by atoms with Crippen molar-refractivity contribution in [3.8, 4) is 0 Å². The molecule has 2 heterocycles. The summed E-state index contributed by atoms with van der Waals surface area (Å²) in [6.45, 7) is 3.12. The van der Waals surface area contributed by atoms with E-state index in [1.807, 2.05) is 14.0 Å². The van der Waals surface area contributed by atoms with Gasteiger partial charge < -0.3 is 9.73 Å². The molecule has 0 spiro atoms. The Hall–Kier alpha value is -1.69. The van der Waals surface area contributed by atoms with Crippen molar-refractivity contribution < 1.29 is 4.42 Å². The van der Waals surface area contributed by atoms with Gasteiger partial charge in [-0.15, -0.1) is 0 Å². The van der Waals surface area contributed by atoms with Crippen LogP contribution in [0.5, 0.6) is 0 Å². The summed E-state index contributed by atoms with van der Waals surface area (Å²) in [5, 5.41) is 7.15.